The van der Waals surface area contributed by atoms with Crippen molar-refractivity contribution in [2.45, 2.75) is 32.2 Å². The molecular formula is C20H19N5O2S. The lowest BCUT2D eigenvalue weighted by Gasteiger charge is -2.29. The van der Waals surface area contributed by atoms with Crippen LogP contribution in [0.15, 0.2) is 47.9 Å². The SMILES string of the molecule is CCSc1nnc2c(n1)O[C@H](c1cccnc1)N(C(C)=O)c1ccc(C)cc1-2. The Morgan fingerprint density at radius 2 is 2.14 bits per heavy atom. The molecule has 0 N–H and O–H groups in total. The lowest BCUT2D eigenvalue weighted by atomic mass is 10.0. The van der Waals surface area contributed by atoms with Crippen LogP contribution in [-0.2, 0) is 4.79 Å². The number of hydrogen-bond donors (Lipinski definition) is 0. The highest BCUT2D eigenvalue weighted by molar-refractivity contribution is 7.99. The van der Waals surface area contributed by atoms with Crippen molar-refractivity contribution in [2.24, 2.45) is 0 Å². The summed E-state index contributed by atoms with van der Waals surface area (Å²) in [4.78, 5) is 23.0. The number of fused-ring (bicyclic) bond motifs is 3. The van der Waals surface area contributed by atoms with Crippen molar-refractivity contribution >= 4 is 23.4 Å². The average Bonchev–Trinajstić information content (AvgIpc) is 2.83. The number of carbonyl (C=O) groups excluding carboxylic acids is 1. The van der Waals surface area contributed by atoms with Crippen LogP contribution in [0, 0.1) is 6.92 Å². The lowest BCUT2D eigenvalue weighted by molar-refractivity contribution is -0.118. The number of rotatable bonds is 3. The van der Waals surface area contributed by atoms with E-state index in [4.69, 9.17) is 4.74 Å². The summed E-state index contributed by atoms with van der Waals surface area (Å²) in [5.74, 6) is 1.03. The van der Waals surface area contributed by atoms with Crippen molar-refractivity contribution in [2.75, 3.05) is 10.7 Å². The smallest absolute Gasteiger partial charge is 0.247 e. The molecule has 1 atom stereocenters. The fourth-order valence-corrected chi connectivity index (χ4v) is 3.65. The molecule has 0 saturated heterocycles. The number of amides is 1. The van der Waals surface area contributed by atoms with Gasteiger partial charge in [-0.25, -0.2) is 0 Å². The number of anilines is 1. The maximum absolute atomic E-state index is 12.7. The summed E-state index contributed by atoms with van der Waals surface area (Å²) in [5.41, 5.74) is 3.79. The average molecular weight is 393 g/mol. The zero-order chi connectivity index (χ0) is 19.7. The number of aryl methyl sites for hydroxylation is 1. The molecule has 1 aliphatic heterocycles. The van der Waals surface area contributed by atoms with E-state index in [9.17, 15) is 4.79 Å². The summed E-state index contributed by atoms with van der Waals surface area (Å²) in [6, 6.07) is 9.53. The number of ether oxygens (including phenoxy) is 1. The lowest BCUT2D eigenvalue weighted by Crippen LogP contribution is -2.36. The van der Waals surface area contributed by atoms with E-state index in [0.29, 0.717) is 22.4 Å². The monoisotopic (exact) mass is 393 g/mol. The zero-order valence-corrected chi connectivity index (χ0v) is 16.6. The second-order valence-electron chi connectivity index (χ2n) is 6.35. The second kappa shape index (κ2) is 7.55. The van der Waals surface area contributed by atoms with Crippen LogP contribution in [0.4, 0.5) is 5.69 Å². The molecular weight excluding hydrogens is 374 g/mol. The standard InChI is InChI=1S/C20H19N5O2S/c1-4-28-20-22-18-17(23-24-20)15-10-12(2)7-8-16(15)25(13(3)26)19(27-18)14-6-5-9-21-11-14/h5-11,19H,4H2,1-3H3/t19-/m1/s1. The maximum Gasteiger partial charge on any atom is 0.247 e. The molecule has 28 heavy (non-hydrogen) atoms. The van der Waals surface area contributed by atoms with Gasteiger partial charge in [-0.2, -0.15) is 4.98 Å². The zero-order valence-electron chi connectivity index (χ0n) is 15.8. The van der Waals surface area contributed by atoms with Crippen molar-refractivity contribution in [3.8, 4) is 17.1 Å². The van der Waals surface area contributed by atoms with E-state index in [1.165, 1.54) is 18.7 Å². The molecule has 0 spiro atoms. The highest BCUT2D eigenvalue weighted by Crippen LogP contribution is 2.43. The predicted octanol–water partition coefficient (Wildman–Crippen LogP) is 3.80. The summed E-state index contributed by atoms with van der Waals surface area (Å²) in [5, 5.41) is 9.15. The molecule has 0 radical (unpaired) electrons. The fourth-order valence-electron chi connectivity index (χ4n) is 3.15. The van der Waals surface area contributed by atoms with E-state index in [1.54, 1.807) is 17.3 Å². The van der Waals surface area contributed by atoms with Gasteiger partial charge in [-0.05, 0) is 30.9 Å². The number of benzene rings is 1. The molecule has 2 aromatic heterocycles. The number of aromatic nitrogens is 4. The quantitative estimate of drug-likeness (QED) is 0.626. The minimum Gasteiger partial charge on any atom is -0.447 e. The van der Waals surface area contributed by atoms with Gasteiger partial charge in [-0.3, -0.25) is 14.7 Å². The van der Waals surface area contributed by atoms with Crippen molar-refractivity contribution in [3.05, 3.63) is 53.9 Å². The van der Waals surface area contributed by atoms with Crippen molar-refractivity contribution in [1.82, 2.24) is 20.2 Å². The first-order chi connectivity index (χ1) is 13.6. The maximum atomic E-state index is 12.7. The molecule has 142 valence electrons. The Bertz CT molecular complexity index is 1030. The topological polar surface area (TPSA) is 81.1 Å². The molecule has 3 aromatic rings. The number of hydrogen-bond acceptors (Lipinski definition) is 7. The Morgan fingerprint density at radius 3 is 2.86 bits per heavy atom. The van der Waals surface area contributed by atoms with E-state index >= 15 is 0 Å². The minimum absolute atomic E-state index is 0.150. The third-order valence-electron chi connectivity index (χ3n) is 4.34. The van der Waals surface area contributed by atoms with Crippen molar-refractivity contribution < 1.29 is 9.53 Å². The molecule has 1 aromatic carbocycles. The van der Waals surface area contributed by atoms with E-state index in [1.807, 2.05) is 44.2 Å². The van der Waals surface area contributed by atoms with Crippen LogP contribution in [0.25, 0.3) is 11.3 Å². The van der Waals surface area contributed by atoms with Crippen LogP contribution in [0.3, 0.4) is 0 Å². The molecule has 0 unspecified atom stereocenters. The van der Waals surface area contributed by atoms with Crippen LogP contribution < -0.4 is 9.64 Å². The molecule has 1 amide bonds. The number of thioether (sulfide) groups is 1. The summed E-state index contributed by atoms with van der Waals surface area (Å²) in [6.45, 7) is 5.53. The Balaban J connectivity index is 1.97. The first-order valence-corrected chi connectivity index (χ1v) is 9.92. The third-order valence-corrected chi connectivity index (χ3v) is 5.06. The Hall–Kier alpha value is -3.00. The van der Waals surface area contributed by atoms with Crippen molar-refractivity contribution in [1.29, 1.82) is 0 Å². The highest BCUT2D eigenvalue weighted by atomic mass is 32.2. The first-order valence-electron chi connectivity index (χ1n) is 8.93. The van der Waals surface area contributed by atoms with E-state index < -0.39 is 6.23 Å². The van der Waals surface area contributed by atoms with Gasteiger partial charge in [-0.15, -0.1) is 10.2 Å². The summed E-state index contributed by atoms with van der Waals surface area (Å²) in [7, 11) is 0. The molecule has 0 fully saturated rings. The Morgan fingerprint density at radius 1 is 1.29 bits per heavy atom. The van der Waals surface area contributed by atoms with Gasteiger partial charge in [0.05, 0.1) is 5.69 Å². The first kappa shape index (κ1) is 18.4. The number of nitrogens with zero attached hydrogens (tertiary/aromatic N) is 5. The van der Waals surface area contributed by atoms with Gasteiger partial charge < -0.3 is 4.74 Å². The third kappa shape index (κ3) is 3.31. The summed E-state index contributed by atoms with van der Waals surface area (Å²) >= 11 is 1.49. The molecule has 8 heteroatoms. The molecule has 4 rings (SSSR count). The molecule has 0 saturated carbocycles. The molecule has 7 nitrogen and oxygen atoms in total. The van der Waals surface area contributed by atoms with Crippen LogP contribution in [-0.4, -0.2) is 31.8 Å². The van der Waals surface area contributed by atoms with E-state index in [2.05, 4.69) is 20.2 Å². The van der Waals surface area contributed by atoms with Gasteiger partial charge in [0, 0.05) is 30.4 Å². The predicted molar refractivity (Wildman–Crippen MR) is 107 cm³/mol. The van der Waals surface area contributed by atoms with Gasteiger partial charge >= 0.3 is 0 Å². The second-order valence-corrected chi connectivity index (χ2v) is 7.58. The summed E-state index contributed by atoms with van der Waals surface area (Å²) < 4.78 is 6.26. The Labute approximate surface area is 167 Å². The van der Waals surface area contributed by atoms with Crippen LogP contribution in [0.2, 0.25) is 0 Å². The van der Waals surface area contributed by atoms with Gasteiger partial charge in [-0.1, -0.05) is 36.4 Å². The molecule has 0 aliphatic carbocycles. The van der Waals surface area contributed by atoms with Gasteiger partial charge in [0.2, 0.25) is 23.2 Å². The fraction of sp³-hybridized carbons (Fsp3) is 0.250. The van der Waals surface area contributed by atoms with Gasteiger partial charge in [0.1, 0.15) is 0 Å². The summed E-state index contributed by atoms with van der Waals surface area (Å²) in [6.07, 6.45) is 2.67. The normalized spacial score (nSPS) is 15.2. The van der Waals surface area contributed by atoms with Crippen LogP contribution in [0.5, 0.6) is 5.88 Å². The van der Waals surface area contributed by atoms with Crippen molar-refractivity contribution in [3.63, 3.8) is 0 Å². The molecule has 1 aliphatic rings. The Kier molecular flexibility index (Phi) is 4.95. The minimum atomic E-state index is -0.704. The van der Waals surface area contributed by atoms with Gasteiger partial charge in [0.25, 0.3) is 0 Å². The van der Waals surface area contributed by atoms with Gasteiger partial charge in [0.15, 0.2) is 5.69 Å². The van der Waals surface area contributed by atoms with E-state index in [-0.39, 0.29) is 5.91 Å². The van der Waals surface area contributed by atoms with Crippen LogP contribution in [0.1, 0.15) is 31.2 Å². The number of carbonyl (C=O) groups is 1. The number of pyridine rings is 1. The van der Waals surface area contributed by atoms with Crippen LogP contribution >= 0.6 is 11.8 Å². The highest BCUT2D eigenvalue weighted by Gasteiger charge is 2.34. The largest absolute Gasteiger partial charge is 0.447 e. The van der Waals surface area contributed by atoms with E-state index in [0.717, 1.165) is 22.4 Å². The molecule has 0 bridgehead atoms. The molecule has 3 heterocycles.